The van der Waals surface area contributed by atoms with Gasteiger partial charge in [-0.05, 0) is 41.2 Å². The lowest BCUT2D eigenvalue weighted by molar-refractivity contribution is -0.140. The van der Waals surface area contributed by atoms with Crippen molar-refractivity contribution < 1.29 is 28.3 Å². The smallest absolute Gasteiger partial charge is 0.296 e. The van der Waals surface area contributed by atoms with Gasteiger partial charge in [0, 0.05) is 19.2 Å². The van der Waals surface area contributed by atoms with Gasteiger partial charge in [0.25, 0.3) is 11.9 Å². The van der Waals surface area contributed by atoms with Crippen molar-refractivity contribution in [3.63, 3.8) is 0 Å². The van der Waals surface area contributed by atoms with Crippen LogP contribution in [0.25, 0.3) is 11.1 Å². The zero-order chi connectivity index (χ0) is 31.3. The third-order valence-corrected chi connectivity index (χ3v) is 9.81. The maximum atomic E-state index is 14.0. The van der Waals surface area contributed by atoms with Crippen molar-refractivity contribution in [3.05, 3.63) is 18.2 Å². The van der Waals surface area contributed by atoms with Crippen LogP contribution in [0.2, 0.25) is 0 Å². The molecule has 3 amide bonds. The van der Waals surface area contributed by atoms with Crippen molar-refractivity contribution in [1.82, 2.24) is 15.2 Å². The van der Waals surface area contributed by atoms with Crippen molar-refractivity contribution in [3.8, 4) is 18.1 Å². The quantitative estimate of drug-likeness (QED) is 0.266. The summed E-state index contributed by atoms with van der Waals surface area (Å²) < 4.78 is 11.4. The minimum atomic E-state index is -1.05. The van der Waals surface area contributed by atoms with E-state index in [-0.39, 0.29) is 48.2 Å². The molecule has 2 aliphatic carbocycles. The van der Waals surface area contributed by atoms with Gasteiger partial charge in [-0.3, -0.25) is 19.2 Å². The van der Waals surface area contributed by atoms with Gasteiger partial charge in [-0.15, -0.1) is 6.42 Å². The number of hydrogen-bond acceptors (Lipinski definition) is 8. The summed E-state index contributed by atoms with van der Waals surface area (Å²) in [5, 5.41) is 6.07. The Morgan fingerprint density at radius 1 is 1.26 bits per heavy atom. The van der Waals surface area contributed by atoms with E-state index < -0.39 is 34.6 Å². The van der Waals surface area contributed by atoms with Crippen LogP contribution in [-0.2, 0) is 19.2 Å². The number of Topliss-reactive ketones (excluding diaryl/α,β-unsaturated/α-hetero) is 1. The monoisotopic (exact) mass is 591 g/mol. The number of likely N-dealkylation sites (tertiary alicyclic amines) is 1. The molecule has 1 aliphatic heterocycles. The van der Waals surface area contributed by atoms with Gasteiger partial charge in [0.05, 0.1) is 11.5 Å². The van der Waals surface area contributed by atoms with E-state index in [2.05, 4.69) is 21.5 Å². The lowest BCUT2D eigenvalue weighted by Gasteiger charge is -2.35. The molecule has 4 N–H and O–H groups in total. The summed E-state index contributed by atoms with van der Waals surface area (Å²) in [5.41, 5.74) is 4.63. The molecule has 230 valence electrons. The Labute approximate surface area is 251 Å². The first-order valence-corrected chi connectivity index (χ1v) is 14.9. The maximum Gasteiger partial charge on any atom is 0.296 e. The predicted octanol–water partition coefficient (Wildman–Crippen LogP) is 2.88. The topological polar surface area (TPSA) is 157 Å². The van der Waals surface area contributed by atoms with E-state index in [0.717, 1.165) is 19.3 Å². The van der Waals surface area contributed by atoms with Crippen molar-refractivity contribution in [1.29, 1.82) is 0 Å². The number of nitrogens with two attached hydrogens (primary N) is 1. The van der Waals surface area contributed by atoms with E-state index in [0.29, 0.717) is 29.8 Å². The van der Waals surface area contributed by atoms with E-state index in [4.69, 9.17) is 21.3 Å². The molecule has 5 rings (SSSR count). The highest BCUT2D eigenvalue weighted by atomic mass is 16.5. The number of carbonyl (C=O) groups is 4. The number of benzene rings is 1. The number of carbonyl (C=O) groups excluding carboxylic acids is 4. The van der Waals surface area contributed by atoms with Gasteiger partial charge in [0.1, 0.15) is 23.9 Å². The number of oxazole rings is 1. The Kier molecular flexibility index (Phi) is 7.69. The van der Waals surface area contributed by atoms with Gasteiger partial charge in [-0.2, -0.15) is 4.98 Å². The lowest BCUT2D eigenvalue weighted by atomic mass is 9.80. The second kappa shape index (κ2) is 10.9. The van der Waals surface area contributed by atoms with Crippen LogP contribution in [0.3, 0.4) is 0 Å². The summed E-state index contributed by atoms with van der Waals surface area (Å²) in [5.74, 6) is 0.859. The van der Waals surface area contributed by atoms with E-state index in [1.807, 2.05) is 34.6 Å². The van der Waals surface area contributed by atoms with Crippen LogP contribution in [-0.4, -0.2) is 65.2 Å². The normalized spacial score (nSPS) is 23.8. The SMILES string of the molecule is C#CCOc1ccc2oc(N[C@@H](C(=O)N3C[C@H]4C(C)(C)[C@]4(C(=O)NC(CC4CCC4)C(=O)C(N)=O)C3)C(C)(C)C)nc2c1. The van der Waals surface area contributed by atoms with Crippen LogP contribution < -0.4 is 21.1 Å². The van der Waals surface area contributed by atoms with Crippen molar-refractivity contribution in [2.75, 3.05) is 25.0 Å². The number of aromatic nitrogens is 1. The number of hydrogen-bond donors (Lipinski definition) is 3. The summed E-state index contributed by atoms with van der Waals surface area (Å²) >= 11 is 0. The highest BCUT2D eigenvalue weighted by Crippen LogP contribution is 2.72. The number of piperidine rings is 1. The molecule has 2 heterocycles. The van der Waals surface area contributed by atoms with Gasteiger partial charge >= 0.3 is 0 Å². The first-order valence-electron chi connectivity index (χ1n) is 14.9. The molecule has 3 fully saturated rings. The molecule has 0 radical (unpaired) electrons. The minimum absolute atomic E-state index is 0.0941. The molecule has 1 aromatic carbocycles. The average molecular weight is 592 g/mol. The Morgan fingerprint density at radius 3 is 2.58 bits per heavy atom. The first kappa shape index (κ1) is 30.4. The standard InChI is InChI=1S/C32H41N5O6/c1-7-13-42-19-11-12-22-20(15-19)35-29(43-22)36-25(30(2,3)4)27(40)37-16-23-31(5,6)32(23,17-37)28(41)34-21(24(38)26(33)39)14-18-9-8-10-18/h1,11-12,15,18,21,23,25H,8-10,13-14,16-17H2,2-6H3,(H2,33,39)(H,34,41)(H,35,36)/t21?,23-,25-,32+/m0/s1. The summed E-state index contributed by atoms with van der Waals surface area (Å²) in [6.45, 7) is 10.6. The summed E-state index contributed by atoms with van der Waals surface area (Å²) in [6, 6.07) is 3.71. The zero-order valence-corrected chi connectivity index (χ0v) is 25.5. The number of amides is 3. The number of anilines is 1. The number of ketones is 1. The molecule has 43 heavy (non-hydrogen) atoms. The highest BCUT2D eigenvalue weighted by Gasteiger charge is 2.79. The molecular weight excluding hydrogens is 550 g/mol. The van der Waals surface area contributed by atoms with Crippen molar-refractivity contribution in [2.45, 2.75) is 72.4 Å². The molecular formula is C32H41N5O6. The number of rotatable bonds is 11. The second-order valence-electron chi connectivity index (χ2n) is 13.8. The van der Waals surface area contributed by atoms with Gasteiger partial charge in [0.15, 0.2) is 5.58 Å². The van der Waals surface area contributed by atoms with E-state index in [1.54, 1.807) is 23.1 Å². The van der Waals surface area contributed by atoms with E-state index >= 15 is 0 Å². The van der Waals surface area contributed by atoms with E-state index in [1.165, 1.54) is 0 Å². The largest absolute Gasteiger partial charge is 0.481 e. The Bertz CT molecular complexity index is 1500. The molecule has 1 unspecified atom stereocenters. The minimum Gasteiger partial charge on any atom is -0.481 e. The molecule has 11 heteroatoms. The Balaban J connectivity index is 1.32. The van der Waals surface area contributed by atoms with Crippen LogP contribution in [0.1, 0.15) is 60.3 Å². The third kappa shape index (κ3) is 5.43. The second-order valence-corrected chi connectivity index (χ2v) is 13.8. The van der Waals surface area contributed by atoms with Crippen LogP contribution in [0, 0.1) is 40.4 Å². The van der Waals surface area contributed by atoms with Gasteiger partial charge < -0.3 is 30.4 Å². The molecule has 2 aromatic rings. The molecule has 0 bridgehead atoms. The molecule has 2 saturated carbocycles. The number of primary amides is 1. The van der Waals surface area contributed by atoms with Gasteiger partial charge in [-0.25, -0.2) is 0 Å². The van der Waals surface area contributed by atoms with Crippen LogP contribution in [0.4, 0.5) is 6.01 Å². The average Bonchev–Trinajstić information content (AvgIpc) is 3.30. The molecule has 11 nitrogen and oxygen atoms in total. The number of terminal acetylenes is 1. The fourth-order valence-electron chi connectivity index (χ4n) is 6.83. The molecule has 1 aromatic heterocycles. The van der Waals surface area contributed by atoms with Crippen molar-refractivity contribution in [2.24, 2.45) is 33.8 Å². The molecule has 3 aliphatic rings. The van der Waals surface area contributed by atoms with Crippen LogP contribution in [0.5, 0.6) is 5.75 Å². The van der Waals surface area contributed by atoms with E-state index in [9.17, 15) is 19.2 Å². The van der Waals surface area contributed by atoms with Crippen LogP contribution in [0.15, 0.2) is 22.6 Å². The van der Waals surface area contributed by atoms with Gasteiger partial charge in [-0.1, -0.05) is 59.8 Å². The van der Waals surface area contributed by atoms with Crippen LogP contribution >= 0.6 is 0 Å². The predicted molar refractivity (Wildman–Crippen MR) is 160 cm³/mol. The number of nitrogens with one attached hydrogen (secondary N) is 2. The Hall–Kier alpha value is -4.07. The number of ether oxygens (including phenoxy) is 1. The summed E-state index contributed by atoms with van der Waals surface area (Å²) in [6.07, 6.45) is 8.67. The molecule has 4 atom stereocenters. The Morgan fingerprint density at radius 2 is 1.98 bits per heavy atom. The maximum absolute atomic E-state index is 14.0. The summed E-state index contributed by atoms with van der Waals surface area (Å²) in [4.78, 5) is 58.5. The fourth-order valence-corrected chi connectivity index (χ4v) is 6.83. The molecule has 1 saturated heterocycles. The lowest BCUT2D eigenvalue weighted by Crippen LogP contribution is -2.53. The number of nitrogens with zero attached hydrogens (tertiary/aromatic N) is 2. The summed E-state index contributed by atoms with van der Waals surface area (Å²) in [7, 11) is 0. The molecule has 0 spiro atoms. The highest BCUT2D eigenvalue weighted by molar-refractivity contribution is 6.37. The fraction of sp³-hybridized carbons (Fsp3) is 0.594. The van der Waals surface area contributed by atoms with Crippen molar-refractivity contribution >= 4 is 40.6 Å². The number of fused-ring (bicyclic) bond motifs is 2. The van der Waals surface area contributed by atoms with Gasteiger partial charge in [0.2, 0.25) is 17.6 Å². The first-order chi connectivity index (χ1) is 20.2. The zero-order valence-electron chi connectivity index (χ0n) is 25.5. The third-order valence-electron chi connectivity index (χ3n) is 9.81.